The molecule has 5 nitrogen and oxygen atoms in total. The first-order valence-electron chi connectivity index (χ1n) is 7.10. The molecule has 0 bridgehead atoms. The lowest BCUT2D eigenvalue weighted by atomic mass is 10.1. The van der Waals surface area contributed by atoms with Crippen LogP contribution in [-0.2, 0) is 21.4 Å². The van der Waals surface area contributed by atoms with E-state index in [1.165, 1.54) is 4.31 Å². The van der Waals surface area contributed by atoms with Crippen molar-refractivity contribution in [2.75, 3.05) is 26.8 Å². The van der Waals surface area contributed by atoms with E-state index in [0.29, 0.717) is 30.2 Å². The molecule has 0 radical (unpaired) electrons. The van der Waals surface area contributed by atoms with Crippen LogP contribution in [0.25, 0.3) is 0 Å². The zero-order chi connectivity index (χ0) is 15.6. The van der Waals surface area contributed by atoms with Crippen molar-refractivity contribution in [3.8, 4) is 0 Å². The molecule has 1 unspecified atom stereocenters. The summed E-state index contributed by atoms with van der Waals surface area (Å²) >= 11 is 0. The minimum atomic E-state index is -3.50. The molecule has 1 fully saturated rings. The molecule has 1 saturated heterocycles. The summed E-state index contributed by atoms with van der Waals surface area (Å²) in [4.78, 5) is 0.301. The highest BCUT2D eigenvalue weighted by molar-refractivity contribution is 7.89. The van der Waals surface area contributed by atoms with E-state index in [4.69, 9.17) is 4.74 Å². The Morgan fingerprint density at radius 2 is 2.05 bits per heavy atom. The van der Waals surface area contributed by atoms with Crippen LogP contribution >= 0.6 is 0 Å². The third-order valence-corrected chi connectivity index (χ3v) is 6.08. The fourth-order valence-corrected chi connectivity index (χ4v) is 4.64. The Kier molecular flexibility index (Phi) is 5.03. The van der Waals surface area contributed by atoms with Gasteiger partial charge < -0.3 is 9.84 Å². The smallest absolute Gasteiger partial charge is 0.243 e. The number of methoxy groups -OCH3 is 1. The summed E-state index contributed by atoms with van der Waals surface area (Å²) in [5, 5.41) is 9.35. The van der Waals surface area contributed by atoms with Gasteiger partial charge in [0.1, 0.15) is 0 Å². The molecule has 1 aromatic rings. The molecule has 0 amide bonds. The molecule has 0 aliphatic carbocycles. The number of hydrogen-bond acceptors (Lipinski definition) is 4. The Hall–Kier alpha value is -0.950. The predicted octanol–water partition coefficient (Wildman–Crippen LogP) is 1.45. The topological polar surface area (TPSA) is 66.8 Å². The van der Waals surface area contributed by atoms with Gasteiger partial charge in [-0.05, 0) is 48.9 Å². The molecular weight excluding hydrogens is 290 g/mol. The number of sulfonamides is 1. The van der Waals surface area contributed by atoms with Crippen molar-refractivity contribution < 1.29 is 18.3 Å². The summed E-state index contributed by atoms with van der Waals surface area (Å²) < 4.78 is 32.2. The quantitative estimate of drug-likeness (QED) is 0.893. The van der Waals surface area contributed by atoms with Gasteiger partial charge in [-0.1, -0.05) is 6.07 Å². The normalized spacial score (nSPS) is 20.1. The van der Waals surface area contributed by atoms with Crippen molar-refractivity contribution in [3.05, 3.63) is 28.8 Å². The summed E-state index contributed by atoms with van der Waals surface area (Å²) in [7, 11) is -1.87. The maximum absolute atomic E-state index is 12.8. The molecule has 1 heterocycles. The summed E-state index contributed by atoms with van der Waals surface area (Å²) in [5.74, 6) is 0.257. The minimum Gasteiger partial charge on any atom is -0.392 e. The highest BCUT2D eigenvalue weighted by atomic mass is 32.2. The third kappa shape index (κ3) is 3.29. The first-order valence-corrected chi connectivity index (χ1v) is 8.54. The van der Waals surface area contributed by atoms with Gasteiger partial charge in [0, 0.05) is 20.2 Å². The molecule has 1 aliphatic heterocycles. The lowest BCUT2D eigenvalue weighted by molar-refractivity contribution is 0.157. The molecule has 0 saturated carbocycles. The Bertz CT molecular complexity index is 612. The Morgan fingerprint density at radius 3 is 2.67 bits per heavy atom. The highest BCUT2D eigenvalue weighted by Crippen LogP contribution is 2.28. The van der Waals surface area contributed by atoms with Crippen LogP contribution in [-0.4, -0.2) is 44.6 Å². The molecule has 0 spiro atoms. The van der Waals surface area contributed by atoms with E-state index < -0.39 is 10.0 Å². The van der Waals surface area contributed by atoms with Crippen LogP contribution in [0.2, 0.25) is 0 Å². The summed E-state index contributed by atoms with van der Waals surface area (Å²) in [6, 6.07) is 3.42. The number of aliphatic hydroxyl groups excluding tert-OH is 1. The molecule has 1 N–H and O–H groups in total. The lowest BCUT2D eigenvalue weighted by Gasteiger charge is -2.19. The molecule has 6 heteroatoms. The molecule has 21 heavy (non-hydrogen) atoms. The maximum atomic E-state index is 12.8. The van der Waals surface area contributed by atoms with Crippen LogP contribution in [0.15, 0.2) is 17.0 Å². The van der Waals surface area contributed by atoms with E-state index in [0.717, 1.165) is 17.5 Å². The van der Waals surface area contributed by atoms with E-state index >= 15 is 0 Å². The maximum Gasteiger partial charge on any atom is 0.243 e. The molecule has 1 atom stereocenters. The van der Waals surface area contributed by atoms with Gasteiger partial charge in [0.25, 0.3) is 0 Å². The molecule has 1 aliphatic rings. The Labute approximate surface area is 126 Å². The van der Waals surface area contributed by atoms with Crippen LogP contribution in [0.5, 0.6) is 0 Å². The highest BCUT2D eigenvalue weighted by Gasteiger charge is 2.33. The number of rotatable bonds is 5. The zero-order valence-corrected chi connectivity index (χ0v) is 13.6. The van der Waals surface area contributed by atoms with E-state index in [-0.39, 0.29) is 12.5 Å². The number of nitrogens with zero attached hydrogens (tertiary/aromatic N) is 1. The zero-order valence-electron chi connectivity index (χ0n) is 12.8. The summed E-state index contributed by atoms with van der Waals surface area (Å²) in [6.07, 6.45) is 0.824. The van der Waals surface area contributed by atoms with E-state index in [9.17, 15) is 13.5 Å². The SMILES string of the molecule is COCC1CCN(S(=O)(=O)c2cc(CO)c(C)cc2C)C1. The van der Waals surface area contributed by atoms with Crippen LogP contribution in [0.1, 0.15) is 23.1 Å². The van der Waals surface area contributed by atoms with Crippen LogP contribution < -0.4 is 0 Å². The van der Waals surface area contributed by atoms with Gasteiger partial charge in [-0.15, -0.1) is 0 Å². The lowest BCUT2D eigenvalue weighted by Crippen LogP contribution is -2.30. The van der Waals surface area contributed by atoms with Gasteiger partial charge in [-0.25, -0.2) is 8.42 Å². The second kappa shape index (κ2) is 6.44. The number of ether oxygens (including phenoxy) is 1. The van der Waals surface area contributed by atoms with Crippen LogP contribution in [0.3, 0.4) is 0 Å². The van der Waals surface area contributed by atoms with Crippen LogP contribution in [0.4, 0.5) is 0 Å². The summed E-state index contributed by atoms with van der Waals surface area (Å²) in [6.45, 7) is 5.13. The second-order valence-electron chi connectivity index (χ2n) is 5.68. The van der Waals surface area contributed by atoms with Gasteiger partial charge in [0.15, 0.2) is 0 Å². The van der Waals surface area contributed by atoms with Gasteiger partial charge in [0.05, 0.1) is 18.1 Å². The number of benzene rings is 1. The first-order chi connectivity index (χ1) is 9.90. The average Bonchev–Trinajstić information content (AvgIpc) is 2.88. The standard InChI is InChI=1S/C15H23NO4S/c1-11-6-12(2)15(7-14(11)9-17)21(18,19)16-5-4-13(8-16)10-20-3/h6-7,13,17H,4-5,8-10H2,1-3H3. The molecule has 118 valence electrons. The monoisotopic (exact) mass is 313 g/mol. The van der Waals surface area contributed by atoms with E-state index in [2.05, 4.69) is 0 Å². The number of hydrogen-bond donors (Lipinski definition) is 1. The van der Waals surface area contributed by atoms with Crippen LogP contribution in [0, 0.1) is 19.8 Å². The van der Waals surface area contributed by atoms with Gasteiger partial charge in [-0.2, -0.15) is 4.31 Å². The van der Waals surface area contributed by atoms with Gasteiger partial charge >= 0.3 is 0 Å². The van der Waals surface area contributed by atoms with Crippen molar-refractivity contribution in [2.24, 2.45) is 5.92 Å². The van der Waals surface area contributed by atoms with Crippen molar-refractivity contribution in [2.45, 2.75) is 31.8 Å². The third-order valence-electron chi connectivity index (χ3n) is 4.07. The largest absolute Gasteiger partial charge is 0.392 e. The fourth-order valence-electron chi connectivity index (χ4n) is 2.85. The van der Waals surface area contributed by atoms with Gasteiger partial charge in [0.2, 0.25) is 10.0 Å². The molecule has 2 rings (SSSR count). The van der Waals surface area contributed by atoms with Crippen molar-refractivity contribution >= 4 is 10.0 Å². The first kappa shape index (κ1) is 16.4. The Balaban J connectivity index is 2.32. The van der Waals surface area contributed by atoms with Gasteiger partial charge in [-0.3, -0.25) is 0 Å². The fraction of sp³-hybridized carbons (Fsp3) is 0.600. The van der Waals surface area contributed by atoms with Crippen molar-refractivity contribution in [1.82, 2.24) is 4.31 Å². The second-order valence-corrected chi connectivity index (χ2v) is 7.58. The van der Waals surface area contributed by atoms with E-state index in [1.54, 1.807) is 20.1 Å². The number of aliphatic hydroxyl groups is 1. The molecule has 1 aromatic carbocycles. The van der Waals surface area contributed by atoms with Crippen molar-refractivity contribution in [3.63, 3.8) is 0 Å². The van der Waals surface area contributed by atoms with Crippen molar-refractivity contribution in [1.29, 1.82) is 0 Å². The van der Waals surface area contributed by atoms with E-state index in [1.807, 2.05) is 13.0 Å². The number of aryl methyl sites for hydroxylation is 2. The molecule has 0 aromatic heterocycles. The summed E-state index contributed by atoms with van der Waals surface area (Å²) in [5.41, 5.74) is 2.29. The predicted molar refractivity (Wildman–Crippen MR) is 80.6 cm³/mol. The minimum absolute atomic E-state index is 0.152. The average molecular weight is 313 g/mol. The Morgan fingerprint density at radius 1 is 1.33 bits per heavy atom. The molecular formula is C15H23NO4S.